The number of ketones is 1. The van der Waals surface area contributed by atoms with Crippen molar-refractivity contribution in [1.82, 2.24) is 4.90 Å². The number of carbonyl (C=O) groups is 2. The second-order valence-corrected chi connectivity index (χ2v) is 11.3. The summed E-state index contributed by atoms with van der Waals surface area (Å²) in [6, 6.07) is 4.73. The van der Waals surface area contributed by atoms with Gasteiger partial charge in [-0.3, -0.25) is 9.59 Å². The van der Waals surface area contributed by atoms with Crippen molar-refractivity contribution >= 4 is 11.8 Å². The van der Waals surface area contributed by atoms with E-state index in [0.717, 1.165) is 37.1 Å². The third-order valence-electron chi connectivity index (χ3n) is 8.84. The molecule has 2 bridgehead atoms. The Morgan fingerprint density at radius 2 is 2.03 bits per heavy atom. The van der Waals surface area contributed by atoms with E-state index < -0.39 is 17.1 Å². The van der Waals surface area contributed by atoms with Crippen molar-refractivity contribution < 1.29 is 19.1 Å². The van der Waals surface area contributed by atoms with Crippen LogP contribution in [0.25, 0.3) is 0 Å². The van der Waals surface area contributed by atoms with E-state index in [0.29, 0.717) is 24.8 Å². The Kier molecular flexibility index (Phi) is 4.45. The smallest absolute Gasteiger partial charge is 0.312 e. The van der Waals surface area contributed by atoms with Crippen LogP contribution in [-0.2, 0) is 31.8 Å². The molecule has 4 aliphatic rings. The Bertz CT molecular complexity index is 964. The summed E-state index contributed by atoms with van der Waals surface area (Å²) in [5, 5.41) is 0. The molecule has 0 N–H and O–H groups in total. The Morgan fingerprint density at radius 1 is 1.29 bits per heavy atom. The minimum absolute atomic E-state index is 0.202. The highest BCUT2D eigenvalue weighted by Gasteiger charge is 2.65. The van der Waals surface area contributed by atoms with Crippen molar-refractivity contribution in [3.05, 3.63) is 28.8 Å². The van der Waals surface area contributed by atoms with Crippen LogP contribution in [0.1, 0.15) is 77.0 Å². The Balaban J connectivity index is 1.63. The molecule has 1 saturated heterocycles. The summed E-state index contributed by atoms with van der Waals surface area (Å²) in [5.41, 5.74) is 1.85. The van der Waals surface area contributed by atoms with Crippen molar-refractivity contribution in [1.29, 1.82) is 0 Å². The summed E-state index contributed by atoms with van der Waals surface area (Å²) in [6.07, 6.45) is 3.82. The van der Waals surface area contributed by atoms with Crippen LogP contribution in [0.3, 0.4) is 0 Å². The number of Topliss-reactive ketones (excluding diaryl/α,β-unsaturated/α-hetero) is 1. The average molecular weight is 426 g/mol. The first-order valence-corrected chi connectivity index (χ1v) is 11.8. The molecule has 1 aromatic rings. The number of esters is 1. The summed E-state index contributed by atoms with van der Waals surface area (Å²) in [6.45, 7) is 10.7. The molecule has 1 spiro atoms. The van der Waals surface area contributed by atoms with Gasteiger partial charge in [-0.1, -0.05) is 19.1 Å². The fraction of sp³-hybridized carbons (Fsp3) is 0.692. The highest BCUT2D eigenvalue weighted by molar-refractivity contribution is 5.89. The van der Waals surface area contributed by atoms with Crippen molar-refractivity contribution in [2.75, 3.05) is 13.6 Å². The van der Waals surface area contributed by atoms with Gasteiger partial charge in [-0.05, 0) is 78.5 Å². The van der Waals surface area contributed by atoms with Gasteiger partial charge in [0, 0.05) is 29.0 Å². The van der Waals surface area contributed by atoms with Crippen LogP contribution in [0.15, 0.2) is 12.1 Å². The molecule has 2 aliphatic heterocycles. The van der Waals surface area contributed by atoms with Crippen LogP contribution in [-0.4, -0.2) is 42.4 Å². The van der Waals surface area contributed by atoms with E-state index >= 15 is 0 Å². The van der Waals surface area contributed by atoms with Gasteiger partial charge in [0.05, 0.1) is 5.41 Å². The van der Waals surface area contributed by atoms with Gasteiger partial charge in [-0.15, -0.1) is 0 Å². The molecule has 1 saturated carbocycles. The number of benzene rings is 1. The van der Waals surface area contributed by atoms with Gasteiger partial charge in [0.1, 0.15) is 11.4 Å². The molecule has 0 radical (unpaired) electrons. The van der Waals surface area contributed by atoms with E-state index in [2.05, 4.69) is 24.1 Å². The first kappa shape index (κ1) is 21.0. The van der Waals surface area contributed by atoms with E-state index in [4.69, 9.17) is 9.47 Å². The third kappa shape index (κ3) is 2.71. The lowest BCUT2D eigenvalue weighted by atomic mass is 9.51. The molecule has 5 heteroatoms. The maximum absolute atomic E-state index is 13.1. The molecule has 5 nitrogen and oxygen atoms in total. The van der Waals surface area contributed by atoms with Gasteiger partial charge in [0.25, 0.3) is 0 Å². The zero-order valence-electron chi connectivity index (χ0n) is 19.7. The molecular weight excluding hydrogens is 390 g/mol. The van der Waals surface area contributed by atoms with Crippen LogP contribution in [0.2, 0.25) is 0 Å². The molecule has 0 aromatic heterocycles. The second kappa shape index (κ2) is 6.57. The van der Waals surface area contributed by atoms with Gasteiger partial charge in [-0.2, -0.15) is 0 Å². The van der Waals surface area contributed by atoms with Crippen LogP contribution >= 0.6 is 0 Å². The molecule has 0 amide bonds. The standard InChI is InChI=1S/C26H35NO4/c1-7-24(2,3)23(29)31-25(4,5)17-9-8-15-14-18-16-10-11-19(28)22-26(16,12-13-27(18)6)20(15)21(17)30-22/h8-9,16,18,22H,7,10-14H2,1-6H3/t16-,18+,22-,26-/m0/s1. The topological polar surface area (TPSA) is 55.8 Å². The Morgan fingerprint density at radius 3 is 2.74 bits per heavy atom. The highest BCUT2D eigenvalue weighted by Crippen LogP contribution is 2.62. The normalized spacial score (nSPS) is 31.8. The van der Waals surface area contributed by atoms with E-state index in [9.17, 15) is 9.59 Å². The average Bonchev–Trinajstić information content (AvgIpc) is 3.06. The molecule has 2 heterocycles. The zero-order chi connectivity index (χ0) is 22.3. The predicted octanol–water partition coefficient (Wildman–Crippen LogP) is 4.14. The van der Waals surface area contributed by atoms with Crippen LogP contribution in [0.4, 0.5) is 0 Å². The van der Waals surface area contributed by atoms with Gasteiger partial charge in [-0.25, -0.2) is 0 Å². The molecule has 168 valence electrons. The van der Waals surface area contributed by atoms with E-state index in [1.54, 1.807) is 0 Å². The van der Waals surface area contributed by atoms with E-state index in [1.165, 1.54) is 11.1 Å². The summed E-state index contributed by atoms with van der Waals surface area (Å²) < 4.78 is 12.7. The highest BCUT2D eigenvalue weighted by atomic mass is 16.6. The summed E-state index contributed by atoms with van der Waals surface area (Å²) in [4.78, 5) is 28.5. The minimum atomic E-state index is -0.834. The molecule has 5 rings (SSSR count). The van der Waals surface area contributed by atoms with E-state index in [1.807, 2.05) is 34.6 Å². The SMILES string of the molecule is CCC(C)(C)C(=O)OC(C)(C)c1ccc2c3c1O[C@H]1C(=O)CC[C@H]4[C@@H](C2)N(C)CC[C@]314. The molecule has 31 heavy (non-hydrogen) atoms. The first-order valence-electron chi connectivity index (χ1n) is 11.8. The van der Waals surface area contributed by atoms with Crippen molar-refractivity contribution in [2.45, 2.75) is 89.9 Å². The maximum Gasteiger partial charge on any atom is 0.312 e. The second-order valence-electron chi connectivity index (χ2n) is 11.3. The molecule has 0 unspecified atom stereocenters. The van der Waals surface area contributed by atoms with Crippen molar-refractivity contribution in [3.8, 4) is 5.75 Å². The van der Waals surface area contributed by atoms with Gasteiger partial charge < -0.3 is 14.4 Å². The number of hydrogen-bond donors (Lipinski definition) is 0. The molecular formula is C26H35NO4. The number of ether oxygens (including phenoxy) is 2. The number of piperidine rings is 1. The lowest BCUT2D eigenvalue weighted by Crippen LogP contribution is -2.65. The monoisotopic (exact) mass is 425 g/mol. The predicted molar refractivity (Wildman–Crippen MR) is 118 cm³/mol. The maximum atomic E-state index is 13.1. The lowest BCUT2D eigenvalue weighted by Gasteiger charge is -2.57. The number of nitrogens with zero attached hydrogens (tertiary/aromatic N) is 1. The molecule has 2 aliphatic carbocycles. The molecule has 1 aromatic carbocycles. The van der Waals surface area contributed by atoms with Gasteiger partial charge >= 0.3 is 5.97 Å². The first-order chi connectivity index (χ1) is 14.5. The van der Waals surface area contributed by atoms with Crippen LogP contribution in [0.5, 0.6) is 5.75 Å². The van der Waals surface area contributed by atoms with E-state index in [-0.39, 0.29) is 17.2 Å². The molecule has 2 fully saturated rings. The quantitative estimate of drug-likeness (QED) is 0.679. The zero-order valence-corrected chi connectivity index (χ0v) is 19.7. The van der Waals surface area contributed by atoms with Gasteiger partial charge in [0.2, 0.25) is 0 Å². The minimum Gasteiger partial charge on any atom is -0.481 e. The number of likely N-dealkylation sites (N-methyl/N-ethyl adjacent to an activating group) is 1. The number of carbonyl (C=O) groups excluding carboxylic acids is 2. The number of rotatable bonds is 4. The number of likely N-dealkylation sites (tertiary alicyclic amines) is 1. The summed E-state index contributed by atoms with van der Waals surface area (Å²) in [7, 11) is 2.22. The Labute approximate surface area is 185 Å². The molecule has 4 atom stereocenters. The fourth-order valence-electron chi connectivity index (χ4n) is 6.58. The summed E-state index contributed by atoms with van der Waals surface area (Å²) >= 11 is 0. The lowest BCUT2D eigenvalue weighted by molar-refractivity contribution is -0.168. The Hall–Kier alpha value is -1.88. The fourth-order valence-corrected chi connectivity index (χ4v) is 6.58. The van der Waals surface area contributed by atoms with Crippen LogP contribution in [0, 0.1) is 11.3 Å². The third-order valence-corrected chi connectivity index (χ3v) is 8.84. The summed E-state index contributed by atoms with van der Waals surface area (Å²) in [5.74, 6) is 1.30. The van der Waals surface area contributed by atoms with Crippen molar-refractivity contribution in [2.24, 2.45) is 11.3 Å². The van der Waals surface area contributed by atoms with Gasteiger partial charge in [0.15, 0.2) is 11.9 Å². The van der Waals surface area contributed by atoms with Crippen LogP contribution < -0.4 is 4.74 Å². The number of hydrogen-bond acceptors (Lipinski definition) is 5. The largest absolute Gasteiger partial charge is 0.481 e. The van der Waals surface area contributed by atoms with Crippen molar-refractivity contribution in [3.63, 3.8) is 0 Å².